The van der Waals surface area contributed by atoms with Crippen molar-refractivity contribution in [2.75, 3.05) is 19.6 Å². The first-order valence-electron chi connectivity index (χ1n) is 6.39. The third-order valence-corrected chi connectivity index (χ3v) is 3.85. The first-order valence-corrected chi connectivity index (χ1v) is 6.39. The molecule has 1 aliphatic rings. The Morgan fingerprint density at radius 1 is 1.50 bits per heavy atom. The summed E-state index contributed by atoms with van der Waals surface area (Å²) in [6.45, 7) is 11.1. The van der Waals surface area contributed by atoms with Crippen molar-refractivity contribution < 1.29 is 4.79 Å². The van der Waals surface area contributed by atoms with Crippen LogP contribution in [0.5, 0.6) is 0 Å². The summed E-state index contributed by atoms with van der Waals surface area (Å²) >= 11 is 0. The van der Waals surface area contributed by atoms with Crippen molar-refractivity contribution in [3.05, 3.63) is 0 Å². The molecule has 0 aromatic rings. The van der Waals surface area contributed by atoms with Crippen LogP contribution >= 0.6 is 0 Å². The molecule has 1 rings (SSSR count). The van der Waals surface area contributed by atoms with Crippen LogP contribution in [0.25, 0.3) is 0 Å². The average molecular weight is 226 g/mol. The van der Waals surface area contributed by atoms with Gasteiger partial charge < -0.3 is 10.6 Å². The van der Waals surface area contributed by atoms with E-state index in [1.807, 2.05) is 11.8 Å². The maximum absolute atomic E-state index is 12.1. The zero-order chi connectivity index (χ0) is 12.3. The Hall–Kier alpha value is -0.570. The van der Waals surface area contributed by atoms with Gasteiger partial charge in [-0.3, -0.25) is 4.79 Å². The summed E-state index contributed by atoms with van der Waals surface area (Å²) in [4.78, 5) is 14.1. The number of rotatable bonds is 3. The lowest BCUT2D eigenvalue weighted by Crippen LogP contribution is -2.38. The average Bonchev–Trinajstić information content (AvgIpc) is 2.67. The molecule has 0 aliphatic carbocycles. The third-order valence-electron chi connectivity index (χ3n) is 3.85. The monoisotopic (exact) mass is 226 g/mol. The van der Waals surface area contributed by atoms with E-state index >= 15 is 0 Å². The maximum Gasteiger partial charge on any atom is 0.226 e. The van der Waals surface area contributed by atoms with Gasteiger partial charge in [0, 0.05) is 19.6 Å². The summed E-state index contributed by atoms with van der Waals surface area (Å²) in [5, 5.41) is 0. The number of nitrogens with two attached hydrogens (primary N) is 1. The molecule has 1 saturated heterocycles. The molecule has 16 heavy (non-hydrogen) atoms. The van der Waals surface area contributed by atoms with Crippen molar-refractivity contribution >= 4 is 5.91 Å². The fraction of sp³-hybridized carbons (Fsp3) is 0.923. The van der Waals surface area contributed by atoms with E-state index in [0.717, 1.165) is 25.9 Å². The van der Waals surface area contributed by atoms with E-state index in [0.29, 0.717) is 17.9 Å². The minimum Gasteiger partial charge on any atom is -0.342 e. The van der Waals surface area contributed by atoms with E-state index in [4.69, 9.17) is 5.73 Å². The fourth-order valence-electron chi connectivity index (χ4n) is 2.37. The van der Waals surface area contributed by atoms with Crippen LogP contribution in [-0.2, 0) is 4.79 Å². The van der Waals surface area contributed by atoms with Gasteiger partial charge in [-0.25, -0.2) is 0 Å². The topological polar surface area (TPSA) is 46.3 Å². The number of likely N-dealkylation sites (tertiary alicyclic amines) is 1. The lowest BCUT2D eigenvalue weighted by molar-refractivity contribution is -0.134. The molecule has 2 atom stereocenters. The zero-order valence-electron chi connectivity index (χ0n) is 11.1. The highest BCUT2D eigenvalue weighted by Gasteiger charge is 2.35. The van der Waals surface area contributed by atoms with Gasteiger partial charge in [0.25, 0.3) is 0 Å². The molecule has 0 aromatic carbocycles. The van der Waals surface area contributed by atoms with Crippen molar-refractivity contribution in [3.8, 4) is 0 Å². The molecule has 1 amide bonds. The quantitative estimate of drug-likeness (QED) is 0.798. The lowest BCUT2D eigenvalue weighted by Gasteiger charge is -2.28. The lowest BCUT2D eigenvalue weighted by atomic mass is 9.80. The summed E-state index contributed by atoms with van der Waals surface area (Å²) in [6.07, 6.45) is 1.99. The molecule has 1 fully saturated rings. The third kappa shape index (κ3) is 2.97. The molecule has 1 aliphatic heterocycles. The van der Waals surface area contributed by atoms with Crippen molar-refractivity contribution in [1.29, 1.82) is 0 Å². The van der Waals surface area contributed by atoms with Gasteiger partial charge in [0.15, 0.2) is 0 Å². The van der Waals surface area contributed by atoms with Crippen LogP contribution in [0.4, 0.5) is 0 Å². The molecule has 1 heterocycles. The van der Waals surface area contributed by atoms with Gasteiger partial charge in [0.1, 0.15) is 0 Å². The summed E-state index contributed by atoms with van der Waals surface area (Å²) in [5.74, 6) is 0.919. The van der Waals surface area contributed by atoms with E-state index in [1.54, 1.807) is 0 Å². The van der Waals surface area contributed by atoms with Crippen molar-refractivity contribution in [1.82, 2.24) is 4.90 Å². The summed E-state index contributed by atoms with van der Waals surface area (Å²) < 4.78 is 0. The Kier molecular flexibility index (Phi) is 4.36. The van der Waals surface area contributed by atoms with E-state index in [9.17, 15) is 4.79 Å². The van der Waals surface area contributed by atoms with Crippen LogP contribution in [0.2, 0.25) is 0 Å². The standard InChI is InChI=1S/C13H26N2O/c1-5-10(8-14)12(16)15-7-6-11(9-15)13(2,3)4/h10-11H,5-9,14H2,1-4H3. The highest BCUT2D eigenvalue weighted by atomic mass is 16.2. The second-order valence-corrected chi connectivity index (χ2v) is 5.98. The molecule has 0 aromatic heterocycles. The second kappa shape index (κ2) is 5.17. The number of carbonyl (C=O) groups excluding carboxylic acids is 1. The molecule has 94 valence electrons. The van der Waals surface area contributed by atoms with Crippen LogP contribution in [-0.4, -0.2) is 30.4 Å². The summed E-state index contributed by atoms with van der Waals surface area (Å²) in [6, 6.07) is 0. The van der Waals surface area contributed by atoms with Gasteiger partial charge in [-0.15, -0.1) is 0 Å². The molecule has 2 unspecified atom stereocenters. The van der Waals surface area contributed by atoms with Crippen LogP contribution in [0.3, 0.4) is 0 Å². The molecular formula is C13H26N2O. The Balaban J connectivity index is 2.56. The smallest absolute Gasteiger partial charge is 0.226 e. The zero-order valence-corrected chi connectivity index (χ0v) is 11.1. The fourth-order valence-corrected chi connectivity index (χ4v) is 2.37. The highest BCUT2D eigenvalue weighted by Crippen LogP contribution is 2.34. The van der Waals surface area contributed by atoms with Gasteiger partial charge in [-0.05, 0) is 24.2 Å². The van der Waals surface area contributed by atoms with E-state index in [1.165, 1.54) is 0 Å². The summed E-state index contributed by atoms with van der Waals surface area (Å²) in [5.41, 5.74) is 5.93. The molecule has 0 radical (unpaired) electrons. The molecule has 3 nitrogen and oxygen atoms in total. The van der Waals surface area contributed by atoms with Gasteiger partial charge in [-0.2, -0.15) is 0 Å². The first-order chi connectivity index (χ1) is 7.40. The van der Waals surface area contributed by atoms with Crippen LogP contribution in [0, 0.1) is 17.3 Å². The first kappa shape index (κ1) is 13.5. The Bertz CT molecular complexity index is 241. The van der Waals surface area contributed by atoms with Gasteiger partial charge in [0.05, 0.1) is 5.92 Å². The number of hydrogen-bond donors (Lipinski definition) is 1. The largest absolute Gasteiger partial charge is 0.342 e. The highest BCUT2D eigenvalue weighted by molar-refractivity contribution is 5.79. The number of hydrogen-bond acceptors (Lipinski definition) is 2. The molecule has 0 saturated carbocycles. The normalized spacial score (nSPS) is 23.6. The molecule has 0 bridgehead atoms. The molecular weight excluding hydrogens is 200 g/mol. The van der Waals surface area contributed by atoms with Gasteiger partial charge >= 0.3 is 0 Å². The van der Waals surface area contributed by atoms with Crippen molar-refractivity contribution in [3.63, 3.8) is 0 Å². The van der Waals surface area contributed by atoms with E-state index < -0.39 is 0 Å². The van der Waals surface area contributed by atoms with Crippen LogP contribution in [0.1, 0.15) is 40.5 Å². The number of nitrogens with zero attached hydrogens (tertiary/aromatic N) is 1. The van der Waals surface area contributed by atoms with Gasteiger partial charge in [-0.1, -0.05) is 27.7 Å². The Morgan fingerprint density at radius 2 is 2.12 bits per heavy atom. The Morgan fingerprint density at radius 3 is 2.50 bits per heavy atom. The minimum atomic E-state index is 0.0266. The summed E-state index contributed by atoms with van der Waals surface area (Å²) in [7, 11) is 0. The second-order valence-electron chi connectivity index (χ2n) is 5.98. The van der Waals surface area contributed by atoms with Crippen molar-refractivity contribution in [2.45, 2.75) is 40.5 Å². The van der Waals surface area contributed by atoms with Crippen LogP contribution in [0.15, 0.2) is 0 Å². The molecule has 0 spiro atoms. The SMILES string of the molecule is CCC(CN)C(=O)N1CCC(C(C)(C)C)C1. The Labute approximate surface area is 99.4 Å². The van der Waals surface area contributed by atoms with E-state index in [-0.39, 0.29) is 11.8 Å². The molecule has 3 heteroatoms. The predicted molar refractivity (Wildman–Crippen MR) is 67.0 cm³/mol. The van der Waals surface area contributed by atoms with E-state index in [2.05, 4.69) is 20.8 Å². The van der Waals surface area contributed by atoms with Gasteiger partial charge in [0.2, 0.25) is 5.91 Å². The van der Waals surface area contributed by atoms with Crippen molar-refractivity contribution in [2.24, 2.45) is 23.0 Å². The number of amides is 1. The minimum absolute atomic E-state index is 0.0266. The molecule has 2 N–H and O–H groups in total. The maximum atomic E-state index is 12.1. The van der Waals surface area contributed by atoms with Crippen LogP contribution < -0.4 is 5.73 Å². The predicted octanol–water partition coefficient (Wildman–Crippen LogP) is 1.87. The number of carbonyl (C=O) groups is 1.